The molecule has 1 unspecified atom stereocenters. The summed E-state index contributed by atoms with van der Waals surface area (Å²) in [5.74, 6) is -0.745. The van der Waals surface area contributed by atoms with Gasteiger partial charge in [-0.3, -0.25) is 4.79 Å². The van der Waals surface area contributed by atoms with Crippen LogP contribution in [0.3, 0.4) is 0 Å². The lowest BCUT2D eigenvalue weighted by Gasteiger charge is -2.23. The smallest absolute Gasteiger partial charge is 0.253 e. The lowest BCUT2D eigenvalue weighted by Crippen LogP contribution is -2.46. The Morgan fingerprint density at radius 3 is 2.94 bits per heavy atom. The summed E-state index contributed by atoms with van der Waals surface area (Å²) >= 11 is 0. The Hall–Kier alpha value is -1.62. The highest BCUT2D eigenvalue weighted by molar-refractivity contribution is 5.99. The summed E-state index contributed by atoms with van der Waals surface area (Å²) in [5.41, 5.74) is 5.68. The zero-order valence-electron chi connectivity index (χ0n) is 9.63. The fourth-order valence-corrected chi connectivity index (χ4v) is 1.85. The molecule has 92 valence electrons. The molecule has 17 heavy (non-hydrogen) atoms. The molecule has 1 aromatic carbocycles. The van der Waals surface area contributed by atoms with Gasteiger partial charge in [0.25, 0.3) is 5.91 Å². The van der Waals surface area contributed by atoms with Gasteiger partial charge in [0.15, 0.2) is 0 Å². The fourth-order valence-electron chi connectivity index (χ4n) is 1.85. The largest absolute Gasteiger partial charge is 0.398 e. The number of nitrogens with one attached hydrogen (secondary N) is 1. The summed E-state index contributed by atoms with van der Waals surface area (Å²) in [6.45, 7) is 3.03. The number of nitrogen functional groups attached to an aromatic ring is 1. The van der Waals surface area contributed by atoms with E-state index in [1.807, 2.05) is 6.92 Å². The van der Waals surface area contributed by atoms with E-state index in [0.29, 0.717) is 18.8 Å². The molecule has 0 aliphatic carbocycles. The van der Waals surface area contributed by atoms with E-state index in [1.165, 1.54) is 12.1 Å². The Kier molecular flexibility index (Phi) is 3.02. The first-order valence-electron chi connectivity index (χ1n) is 5.45. The van der Waals surface area contributed by atoms with Crippen LogP contribution in [0.4, 0.5) is 10.1 Å². The maximum Gasteiger partial charge on any atom is 0.253 e. The van der Waals surface area contributed by atoms with E-state index in [1.54, 1.807) is 0 Å². The minimum atomic E-state index is -0.450. The third-order valence-corrected chi connectivity index (χ3v) is 2.89. The number of hydrogen-bond acceptors (Lipinski definition) is 3. The molecule has 0 spiro atoms. The summed E-state index contributed by atoms with van der Waals surface area (Å²) in [5, 5.41) is 2.87. The predicted molar refractivity (Wildman–Crippen MR) is 62.1 cm³/mol. The third kappa shape index (κ3) is 2.55. The SMILES string of the molecule is CC1(NC(=O)c2ccc(F)cc2N)CCOC1. The van der Waals surface area contributed by atoms with Gasteiger partial charge in [-0.05, 0) is 31.5 Å². The van der Waals surface area contributed by atoms with Gasteiger partial charge < -0.3 is 15.8 Å². The van der Waals surface area contributed by atoms with Gasteiger partial charge in [-0.15, -0.1) is 0 Å². The highest BCUT2D eigenvalue weighted by Gasteiger charge is 2.31. The lowest BCUT2D eigenvalue weighted by molar-refractivity contribution is 0.0890. The molecule has 1 heterocycles. The Bertz CT molecular complexity index is 442. The first-order valence-corrected chi connectivity index (χ1v) is 5.45. The van der Waals surface area contributed by atoms with Gasteiger partial charge in [-0.2, -0.15) is 0 Å². The van der Waals surface area contributed by atoms with Crippen molar-refractivity contribution in [2.24, 2.45) is 0 Å². The Labute approximate surface area is 98.9 Å². The normalized spacial score (nSPS) is 23.6. The molecule has 5 heteroatoms. The van der Waals surface area contributed by atoms with Gasteiger partial charge in [0.1, 0.15) is 5.82 Å². The molecule has 1 aliphatic heterocycles. The number of carbonyl (C=O) groups excluding carboxylic acids is 1. The number of anilines is 1. The van der Waals surface area contributed by atoms with Crippen molar-refractivity contribution in [3.63, 3.8) is 0 Å². The number of carbonyl (C=O) groups is 1. The van der Waals surface area contributed by atoms with E-state index in [2.05, 4.69) is 5.32 Å². The van der Waals surface area contributed by atoms with Gasteiger partial charge in [-0.25, -0.2) is 4.39 Å². The van der Waals surface area contributed by atoms with Crippen molar-refractivity contribution in [2.45, 2.75) is 18.9 Å². The van der Waals surface area contributed by atoms with Crippen LogP contribution >= 0.6 is 0 Å². The predicted octanol–water partition coefficient (Wildman–Crippen LogP) is 1.32. The zero-order valence-corrected chi connectivity index (χ0v) is 9.63. The lowest BCUT2D eigenvalue weighted by atomic mass is 10.0. The maximum absolute atomic E-state index is 12.9. The van der Waals surface area contributed by atoms with Crippen LogP contribution in [0.15, 0.2) is 18.2 Å². The molecule has 1 amide bonds. The van der Waals surface area contributed by atoms with Gasteiger partial charge >= 0.3 is 0 Å². The molecule has 2 rings (SSSR count). The number of rotatable bonds is 2. The molecule has 1 aliphatic rings. The minimum Gasteiger partial charge on any atom is -0.398 e. The summed E-state index contributed by atoms with van der Waals surface area (Å²) in [6, 6.07) is 3.75. The Balaban J connectivity index is 2.14. The number of amides is 1. The summed E-state index contributed by atoms with van der Waals surface area (Å²) in [7, 11) is 0. The van der Waals surface area contributed by atoms with Crippen molar-refractivity contribution in [3.05, 3.63) is 29.6 Å². The van der Waals surface area contributed by atoms with Crippen LogP contribution in [0.5, 0.6) is 0 Å². The van der Waals surface area contributed by atoms with Gasteiger partial charge in [0.2, 0.25) is 0 Å². The summed E-state index contributed by atoms with van der Waals surface area (Å²) in [4.78, 5) is 12.0. The maximum atomic E-state index is 12.9. The highest BCUT2D eigenvalue weighted by atomic mass is 19.1. The number of benzene rings is 1. The van der Waals surface area contributed by atoms with Crippen molar-refractivity contribution in [2.75, 3.05) is 18.9 Å². The molecule has 3 N–H and O–H groups in total. The highest BCUT2D eigenvalue weighted by Crippen LogP contribution is 2.20. The molecule has 0 bridgehead atoms. The van der Waals surface area contributed by atoms with Gasteiger partial charge in [0, 0.05) is 12.3 Å². The molecular formula is C12H15FN2O2. The topological polar surface area (TPSA) is 64.4 Å². The van der Waals surface area contributed by atoms with Crippen LogP contribution in [0.1, 0.15) is 23.7 Å². The van der Waals surface area contributed by atoms with Crippen LogP contribution in [0, 0.1) is 5.82 Å². The van der Waals surface area contributed by atoms with E-state index in [-0.39, 0.29) is 17.1 Å². The second-order valence-electron chi connectivity index (χ2n) is 4.55. The fraction of sp³-hybridized carbons (Fsp3) is 0.417. The van der Waals surface area contributed by atoms with Crippen LogP contribution in [-0.2, 0) is 4.74 Å². The second kappa shape index (κ2) is 4.33. The van der Waals surface area contributed by atoms with Crippen molar-refractivity contribution in [1.29, 1.82) is 0 Å². The number of hydrogen-bond donors (Lipinski definition) is 2. The average molecular weight is 238 g/mol. The van der Waals surface area contributed by atoms with E-state index in [0.717, 1.165) is 12.5 Å². The number of nitrogens with two attached hydrogens (primary N) is 1. The molecule has 0 radical (unpaired) electrons. The number of ether oxygens (including phenoxy) is 1. The zero-order chi connectivity index (χ0) is 12.5. The molecule has 4 nitrogen and oxygen atoms in total. The number of halogens is 1. The first-order chi connectivity index (χ1) is 8.00. The second-order valence-corrected chi connectivity index (χ2v) is 4.55. The van der Waals surface area contributed by atoms with Crippen molar-refractivity contribution < 1.29 is 13.9 Å². The molecule has 1 fully saturated rings. The van der Waals surface area contributed by atoms with Gasteiger partial charge in [-0.1, -0.05) is 0 Å². The van der Waals surface area contributed by atoms with Crippen LogP contribution in [0.25, 0.3) is 0 Å². The Morgan fingerprint density at radius 1 is 1.59 bits per heavy atom. The minimum absolute atomic E-state index is 0.144. The first kappa shape index (κ1) is 11.9. The molecule has 1 atom stereocenters. The Morgan fingerprint density at radius 2 is 2.35 bits per heavy atom. The van der Waals surface area contributed by atoms with Crippen molar-refractivity contribution >= 4 is 11.6 Å². The van der Waals surface area contributed by atoms with Crippen LogP contribution < -0.4 is 11.1 Å². The third-order valence-electron chi connectivity index (χ3n) is 2.89. The van der Waals surface area contributed by atoms with Crippen molar-refractivity contribution in [3.8, 4) is 0 Å². The standard InChI is InChI=1S/C12H15FN2O2/c1-12(4-5-17-7-12)15-11(16)9-3-2-8(13)6-10(9)14/h2-3,6H,4-5,7,14H2,1H3,(H,15,16). The van der Waals surface area contributed by atoms with Crippen LogP contribution in [0.2, 0.25) is 0 Å². The average Bonchev–Trinajstić information content (AvgIpc) is 2.64. The van der Waals surface area contributed by atoms with E-state index >= 15 is 0 Å². The van der Waals surface area contributed by atoms with Crippen LogP contribution in [-0.4, -0.2) is 24.7 Å². The molecule has 1 saturated heterocycles. The molecule has 0 aromatic heterocycles. The monoisotopic (exact) mass is 238 g/mol. The van der Waals surface area contributed by atoms with Gasteiger partial charge in [0.05, 0.1) is 17.7 Å². The quantitative estimate of drug-likeness (QED) is 0.764. The van der Waals surface area contributed by atoms with E-state index in [9.17, 15) is 9.18 Å². The van der Waals surface area contributed by atoms with Crippen molar-refractivity contribution in [1.82, 2.24) is 5.32 Å². The molecule has 1 aromatic rings. The van der Waals surface area contributed by atoms with E-state index in [4.69, 9.17) is 10.5 Å². The molecular weight excluding hydrogens is 223 g/mol. The summed E-state index contributed by atoms with van der Waals surface area (Å²) in [6.07, 6.45) is 0.764. The molecule has 0 saturated carbocycles. The summed E-state index contributed by atoms with van der Waals surface area (Å²) < 4.78 is 18.1. The van der Waals surface area contributed by atoms with E-state index < -0.39 is 5.82 Å².